The fourth-order valence-corrected chi connectivity index (χ4v) is 2.64. The molecule has 0 aliphatic carbocycles. The summed E-state index contributed by atoms with van der Waals surface area (Å²) >= 11 is 0. The third-order valence-electron chi connectivity index (χ3n) is 3.83. The van der Waals surface area contributed by atoms with Crippen molar-refractivity contribution in [3.8, 4) is 0 Å². The molecule has 3 nitrogen and oxygen atoms in total. The molecule has 1 rings (SSSR count). The van der Waals surface area contributed by atoms with Crippen molar-refractivity contribution in [2.75, 3.05) is 26.3 Å². The third-order valence-corrected chi connectivity index (χ3v) is 3.83. The van der Waals surface area contributed by atoms with E-state index in [-0.39, 0.29) is 11.6 Å². The normalized spacial score (nSPS) is 23.1. The van der Waals surface area contributed by atoms with Crippen LogP contribution in [0.2, 0.25) is 0 Å². The minimum Gasteiger partial charge on any atom is -0.391 e. The Morgan fingerprint density at radius 3 is 2.38 bits per heavy atom. The van der Waals surface area contributed by atoms with Gasteiger partial charge in [-0.25, -0.2) is 0 Å². The predicted octanol–water partition coefficient (Wildman–Crippen LogP) is 1.89. The molecule has 0 bridgehead atoms. The summed E-state index contributed by atoms with van der Waals surface area (Å²) in [6.45, 7) is 12.1. The molecule has 96 valence electrons. The van der Waals surface area contributed by atoms with E-state index in [1.54, 1.807) is 0 Å². The minimum absolute atomic E-state index is 0.141. The molecule has 0 spiro atoms. The highest BCUT2D eigenvalue weighted by molar-refractivity contribution is 4.92. The van der Waals surface area contributed by atoms with E-state index in [0.29, 0.717) is 5.92 Å². The summed E-state index contributed by atoms with van der Waals surface area (Å²) < 4.78 is 5.36. The lowest BCUT2D eigenvalue weighted by molar-refractivity contribution is -0.0788. The lowest BCUT2D eigenvalue weighted by Crippen LogP contribution is -2.57. The van der Waals surface area contributed by atoms with E-state index < -0.39 is 0 Å². The first-order valence-corrected chi connectivity index (χ1v) is 6.51. The van der Waals surface area contributed by atoms with Crippen LogP contribution in [0.15, 0.2) is 0 Å². The Morgan fingerprint density at radius 2 is 1.88 bits per heavy atom. The van der Waals surface area contributed by atoms with Crippen LogP contribution in [-0.2, 0) is 4.74 Å². The van der Waals surface area contributed by atoms with Crippen molar-refractivity contribution in [1.82, 2.24) is 4.90 Å². The van der Waals surface area contributed by atoms with Gasteiger partial charge in [0.15, 0.2) is 0 Å². The van der Waals surface area contributed by atoms with Gasteiger partial charge in [0.1, 0.15) is 0 Å². The maximum absolute atomic E-state index is 10.4. The van der Waals surface area contributed by atoms with Crippen LogP contribution < -0.4 is 0 Å². The molecule has 0 aromatic rings. The molecule has 0 amide bonds. The summed E-state index contributed by atoms with van der Waals surface area (Å²) in [5.41, 5.74) is -0.141. The molecule has 1 fully saturated rings. The second kappa shape index (κ2) is 5.99. The van der Waals surface area contributed by atoms with Gasteiger partial charge in [-0.2, -0.15) is 0 Å². The van der Waals surface area contributed by atoms with Gasteiger partial charge < -0.3 is 9.84 Å². The second-order valence-electron chi connectivity index (χ2n) is 5.46. The Balaban J connectivity index is 2.59. The van der Waals surface area contributed by atoms with E-state index in [0.717, 1.165) is 39.1 Å². The van der Waals surface area contributed by atoms with Gasteiger partial charge in [0.05, 0.1) is 19.3 Å². The van der Waals surface area contributed by atoms with Gasteiger partial charge in [0.2, 0.25) is 0 Å². The van der Waals surface area contributed by atoms with E-state index >= 15 is 0 Å². The summed E-state index contributed by atoms with van der Waals surface area (Å²) in [6.07, 6.45) is 1.97. The van der Waals surface area contributed by atoms with Crippen molar-refractivity contribution in [3.63, 3.8) is 0 Å². The Morgan fingerprint density at radius 1 is 1.31 bits per heavy atom. The Bertz CT molecular complexity index is 200. The van der Waals surface area contributed by atoms with Crippen molar-refractivity contribution in [1.29, 1.82) is 0 Å². The maximum Gasteiger partial charge on any atom is 0.0743 e. The average Bonchev–Trinajstić information content (AvgIpc) is 2.29. The van der Waals surface area contributed by atoms with Gasteiger partial charge in [-0.3, -0.25) is 4.90 Å². The number of ether oxygens (including phenoxy) is 1. The molecule has 0 saturated carbocycles. The van der Waals surface area contributed by atoms with Crippen LogP contribution >= 0.6 is 0 Å². The first kappa shape index (κ1) is 13.9. The second-order valence-corrected chi connectivity index (χ2v) is 5.46. The molecular formula is C13H27NO2. The first-order chi connectivity index (χ1) is 7.50. The monoisotopic (exact) mass is 229 g/mol. The Kier molecular flexibility index (Phi) is 5.22. The SMILES string of the molecule is CCCC(C)C(O)C(C)(C)N1CCOCC1. The zero-order valence-electron chi connectivity index (χ0n) is 11.2. The van der Waals surface area contributed by atoms with Crippen LogP contribution in [0.25, 0.3) is 0 Å². The summed E-state index contributed by atoms with van der Waals surface area (Å²) in [5.74, 6) is 0.364. The standard InChI is InChI=1S/C13H27NO2/c1-5-6-11(2)12(15)13(3,4)14-7-9-16-10-8-14/h11-12,15H,5-10H2,1-4H3. The van der Waals surface area contributed by atoms with Gasteiger partial charge in [0, 0.05) is 18.6 Å². The van der Waals surface area contributed by atoms with E-state index in [4.69, 9.17) is 4.74 Å². The maximum atomic E-state index is 10.4. The van der Waals surface area contributed by atoms with Gasteiger partial charge >= 0.3 is 0 Å². The molecular weight excluding hydrogens is 202 g/mol. The van der Waals surface area contributed by atoms with E-state index in [9.17, 15) is 5.11 Å². The van der Waals surface area contributed by atoms with Crippen LogP contribution in [0.4, 0.5) is 0 Å². The molecule has 2 unspecified atom stereocenters. The lowest BCUT2D eigenvalue weighted by Gasteiger charge is -2.45. The molecule has 1 saturated heterocycles. The summed E-state index contributed by atoms with van der Waals surface area (Å²) in [6, 6.07) is 0. The fraction of sp³-hybridized carbons (Fsp3) is 1.00. The molecule has 0 radical (unpaired) electrons. The van der Waals surface area contributed by atoms with Crippen molar-refractivity contribution in [3.05, 3.63) is 0 Å². The van der Waals surface area contributed by atoms with E-state index in [2.05, 4.69) is 32.6 Å². The Hall–Kier alpha value is -0.120. The molecule has 1 heterocycles. The number of aliphatic hydroxyl groups excluding tert-OH is 1. The third kappa shape index (κ3) is 3.19. The highest BCUT2D eigenvalue weighted by Crippen LogP contribution is 2.27. The largest absolute Gasteiger partial charge is 0.391 e. The minimum atomic E-state index is -0.259. The highest BCUT2D eigenvalue weighted by Gasteiger charge is 2.37. The van der Waals surface area contributed by atoms with Crippen LogP contribution in [0.3, 0.4) is 0 Å². The van der Waals surface area contributed by atoms with Gasteiger partial charge in [-0.15, -0.1) is 0 Å². The lowest BCUT2D eigenvalue weighted by atomic mass is 9.84. The van der Waals surface area contributed by atoms with Crippen molar-refractivity contribution < 1.29 is 9.84 Å². The smallest absolute Gasteiger partial charge is 0.0743 e. The molecule has 3 heteroatoms. The Labute approximate surface area is 99.8 Å². The quantitative estimate of drug-likeness (QED) is 0.781. The van der Waals surface area contributed by atoms with Crippen molar-refractivity contribution in [2.45, 2.75) is 52.2 Å². The summed E-state index contributed by atoms with van der Waals surface area (Å²) in [4.78, 5) is 2.35. The molecule has 1 aliphatic rings. The number of rotatable bonds is 5. The molecule has 2 atom stereocenters. The molecule has 0 aromatic carbocycles. The molecule has 0 aromatic heterocycles. The first-order valence-electron chi connectivity index (χ1n) is 6.51. The highest BCUT2D eigenvalue weighted by atomic mass is 16.5. The zero-order chi connectivity index (χ0) is 12.2. The predicted molar refractivity (Wildman–Crippen MR) is 66.5 cm³/mol. The van der Waals surface area contributed by atoms with Gasteiger partial charge in [0.25, 0.3) is 0 Å². The molecule has 16 heavy (non-hydrogen) atoms. The van der Waals surface area contributed by atoms with Gasteiger partial charge in [-0.1, -0.05) is 20.3 Å². The average molecular weight is 229 g/mol. The number of hydrogen-bond acceptors (Lipinski definition) is 3. The van der Waals surface area contributed by atoms with Gasteiger partial charge in [-0.05, 0) is 26.2 Å². The fourth-order valence-electron chi connectivity index (χ4n) is 2.64. The van der Waals surface area contributed by atoms with Crippen LogP contribution in [-0.4, -0.2) is 48.0 Å². The van der Waals surface area contributed by atoms with Crippen LogP contribution in [0.1, 0.15) is 40.5 Å². The molecule has 1 aliphatic heterocycles. The van der Waals surface area contributed by atoms with Crippen LogP contribution in [0.5, 0.6) is 0 Å². The number of hydrogen-bond donors (Lipinski definition) is 1. The molecule has 1 N–H and O–H groups in total. The number of morpholine rings is 1. The zero-order valence-corrected chi connectivity index (χ0v) is 11.2. The number of aliphatic hydroxyl groups is 1. The van der Waals surface area contributed by atoms with E-state index in [1.165, 1.54) is 0 Å². The van der Waals surface area contributed by atoms with E-state index in [1.807, 2.05) is 0 Å². The summed E-state index contributed by atoms with van der Waals surface area (Å²) in [7, 11) is 0. The topological polar surface area (TPSA) is 32.7 Å². The van der Waals surface area contributed by atoms with Crippen LogP contribution in [0, 0.1) is 5.92 Å². The number of nitrogens with zero attached hydrogens (tertiary/aromatic N) is 1. The summed E-state index contributed by atoms with van der Waals surface area (Å²) in [5, 5.41) is 10.4. The van der Waals surface area contributed by atoms with Crippen molar-refractivity contribution in [2.24, 2.45) is 5.92 Å². The van der Waals surface area contributed by atoms with Crippen molar-refractivity contribution >= 4 is 0 Å².